The highest BCUT2D eigenvalue weighted by Crippen LogP contribution is 2.36. The van der Waals surface area contributed by atoms with E-state index in [1.807, 2.05) is 30.3 Å². The van der Waals surface area contributed by atoms with Crippen molar-refractivity contribution in [3.05, 3.63) is 30.3 Å². The molecule has 26 heavy (non-hydrogen) atoms. The third-order valence-corrected chi connectivity index (χ3v) is 6.28. The molecule has 3 nitrogen and oxygen atoms in total. The predicted molar refractivity (Wildman–Crippen MR) is 108 cm³/mol. The number of hydrogen-bond acceptors (Lipinski definition) is 4. The monoisotopic (exact) mass is 378 g/mol. The van der Waals surface area contributed by atoms with E-state index >= 15 is 0 Å². The third kappa shape index (κ3) is 7.71. The largest absolute Gasteiger partial charge is 0.459 e. The summed E-state index contributed by atoms with van der Waals surface area (Å²) >= 11 is 1.55. The smallest absolute Gasteiger partial charge is 0.323 e. The molecule has 4 heteroatoms. The topological polar surface area (TPSA) is 46.5 Å². The first kappa shape index (κ1) is 21.3. The van der Waals surface area contributed by atoms with Gasteiger partial charge in [0.25, 0.3) is 0 Å². The maximum atomic E-state index is 11.7. The van der Waals surface area contributed by atoms with Crippen molar-refractivity contribution in [1.29, 1.82) is 0 Å². The van der Waals surface area contributed by atoms with Gasteiger partial charge in [-0.2, -0.15) is 0 Å². The fraction of sp³-hybridized carbons (Fsp3) is 0.682. The molecule has 0 aliphatic carbocycles. The van der Waals surface area contributed by atoms with Gasteiger partial charge in [-0.3, -0.25) is 4.79 Å². The minimum atomic E-state index is -0.364. The van der Waals surface area contributed by atoms with Crippen LogP contribution in [0.2, 0.25) is 0 Å². The summed E-state index contributed by atoms with van der Waals surface area (Å²) in [6.45, 7) is 2.25. The highest BCUT2D eigenvalue weighted by molar-refractivity contribution is 8.00. The molecular formula is C22H34O3S. The molecule has 0 aromatic heterocycles. The van der Waals surface area contributed by atoms with Gasteiger partial charge in [-0.1, -0.05) is 82.9 Å². The second-order valence-electron chi connectivity index (χ2n) is 7.33. The average molecular weight is 379 g/mol. The zero-order chi connectivity index (χ0) is 18.6. The Morgan fingerprint density at radius 3 is 2.23 bits per heavy atom. The Morgan fingerprint density at radius 1 is 1.00 bits per heavy atom. The molecule has 1 aromatic rings. The van der Waals surface area contributed by atoms with Crippen LogP contribution in [0, 0.1) is 0 Å². The lowest BCUT2D eigenvalue weighted by Gasteiger charge is -2.35. The van der Waals surface area contributed by atoms with Gasteiger partial charge in [0.2, 0.25) is 0 Å². The lowest BCUT2D eigenvalue weighted by atomic mass is 9.99. The van der Waals surface area contributed by atoms with E-state index in [0.717, 1.165) is 17.7 Å². The number of benzene rings is 1. The van der Waals surface area contributed by atoms with E-state index in [2.05, 4.69) is 6.92 Å². The second-order valence-corrected chi connectivity index (χ2v) is 8.55. The molecule has 1 aliphatic heterocycles. The van der Waals surface area contributed by atoms with Crippen LogP contribution < -0.4 is 0 Å². The van der Waals surface area contributed by atoms with Gasteiger partial charge >= 0.3 is 5.97 Å². The molecule has 0 radical (unpaired) electrons. The average Bonchev–Trinajstić information content (AvgIpc) is 2.65. The summed E-state index contributed by atoms with van der Waals surface area (Å²) in [5.41, 5.74) is 0. The molecular weight excluding hydrogens is 344 g/mol. The van der Waals surface area contributed by atoms with Crippen molar-refractivity contribution in [3.8, 4) is 0 Å². The van der Waals surface area contributed by atoms with Crippen molar-refractivity contribution >= 4 is 17.7 Å². The molecule has 1 aliphatic rings. The summed E-state index contributed by atoms with van der Waals surface area (Å²) in [6.07, 6.45) is 12.4. The van der Waals surface area contributed by atoms with E-state index in [-0.39, 0.29) is 23.4 Å². The number of ether oxygens (including phenoxy) is 1. The Labute approximate surface area is 162 Å². The van der Waals surface area contributed by atoms with Gasteiger partial charge in [0.1, 0.15) is 11.4 Å². The number of carbonyl (C=O) groups is 1. The zero-order valence-electron chi connectivity index (χ0n) is 16.1. The van der Waals surface area contributed by atoms with Crippen molar-refractivity contribution < 1.29 is 14.6 Å². The van der Waals surface area contributed by atoms with Gasteiger partial charge in [0.05, 0.1) is 6.10 Å². The summed E-state index contributed by atoms with van der Waals surface area (Å²) in [5.74, 6) is -0.154. The lowest BCUT2D eigenvalue weighted by Crippen LogP contribution is -2.49. The first-order valence-corrected chi connectivity index (χ1v) is 11.2. The molecule has 146 valence electrons. The van der Waals surface area contributed by atoms with Gasteiger partial charge in [0, 0.05) is 11.3 Å². The number of rotatable bonds is 14. The predicted octanol–water partition coefficient (Wildman–Crippen LogP) is 5.74. The Morgan fingerprint density at radius 2 is 1.62 bits per heavy atom. The van der Waals surface area contributed by atoms with Crippen molar-refractivity contribution in [2.75, 3.05) is 0 Å². The number of hydrogen-bond donors (Lipinski definition) is 1. The fourth-order valence-electron chi connectivity index (χ4n) is 3.38. The number of carbonyl (C=O) groups excluding carboxylic acids is 1. The maximum Gasteiger partial charge on any atom is 0.323 e. The van der Waals surface area contributed by atoms with Crippen LogP contribution in [-0.4, -0.2) is 28.5 Å². The second kappa shape index (κ2) is 12.4. The molecule has 0 bridgehead atoms. The van der Waals surface area contributed by atoms with Crippen molar-refractivity contribution in [3.63, 3.8) is 0 Å². The molecule has 0 saturated carbocycles. The van der Waals surface area contributed by atoms with E-state index in [4.69, 9.17) is 4.74 Å². The van der Waals surface area contributed by atoms with Gasteiger partial charge in [-0.05, 0) is 18.6 Å². The molecule has 0 unspecified atom stereocenters. The van der Waals surface area contributed by atoms with Crippen LogP contribution in [0.3, 0.4) is 0 Å². The fourth-order valence-corrected chi connectivity index (χ4v) is 4.45. The molecule has 1 saturated heterocycles. The van der Waals surface area contributed by atoms with E-state index < -0.39 is 0 Å². The van der Waals surface area contributed by atoms with Crippen molar-refractivity contribution in [1.82, 2.24) is 0 Å². The number of unbranched alkanes of at least 4 members (excludes halogenated alkanes) is 8. The van der Waals surface area contributed by atoms with Gasteiger partial charge < -0.3 is 9.84 Å². The van der Waals surface area contributed by atoms with Crippen LogP contribution in [-0.2, 0) is 9.53 Å². The molecule has 0 amide bonds. The molecule has 1 fully saturated rings. The third-order valence-electron chi connectivity index (χ3n) is 4.99. The maximum absolute atomic E-state index is 11.7. The number of esters is 1. The Hall–Kier alpha value is -1.00. The van der Waals surface area contributed by atoms with Crippen LogP contribution >= 0.6 is 11.8 Å². The van der Waals surface area contributed by atoms with Crippen LogP contribution in [0.25, 0.3) is 0 Å². The normalized spacial score (nSPS) is 20.5. The summed E-state index contributed by atoms with van der Waals surface area (Å²) in [4.78, 5) is 12.8. The molecule has 1 heterocycles. The van der Waals surface area contributed by atoms with Crippen LogP contribution in [0.15, 0.2) is 35.2 Å². The van der Waals surface area contributed by atoms with Crippen molar-refractivity contribution in [2.24, 2.45) is 0 Å². The van der Waals surface area contributed by atoms with Gasteiger partial charge in [-0.15, -0.1) is 11.8 Å². The Bertz CT molecular complexity index is 505. The van der Waals surface area contributed by atoms with Crippen molar-refractivity contribution in [2.45, 2.75) is 99.9 Å². The number of aliphatic hydroxyl groups is 1. The molecule has 0 spiro atoms. The zero-order valence-corrected chi connectivity index (χ0v) is 16.9. The quantitative estimate of drug-likeness (QED) is 0.331. The number of cyclic esters (lactones) is 1. The Balaban J connectivity index is 1.53. The van der Waals surface area contributed by atoms with E-state index in [1.54, 1.807) is 11.8 Å². The summed E-state index contributed by atoms with van der Waals surface area (Å²) < 4.78 is 5.27. The minimum absolute atomic E-state index is 0.152. The molecule has 1 N–H and O–H groups in total. The highest BCUT2D eigenvalue weighted by atomic mass is 32.2. The van der Waals surface area contributed by atoms with Crippen LogP contribution in [0.4, 0.5) is 0 Å². The molecule has 2 rings (SSSR count). The van der Waals surface area contributed by atoms with E-state index in [0.29, 0.717) is 6.42 Å². The SMILES string of the molecule is CCCCCCCCCCC[C@@H](O)C[C@@H]1OC(=O)[C@H]1Sc1ccccc1. The van der Waals surface area contributed by atoms with E-state index in [1.165, 1.54) is 51.4 Å². The number of aliphatic hydroxyl groups excluding tert-OH is 1. The first-order valence-electron chi connectivity index (χ1n) is 10.3. The molecule has 1 aromatic carbocycles. The van der Waals surface area contributed by atoms with E-state index in [9.17, 15) is 9.90 Å². The highest BCUT2D eigenvalue weighted by Gasteiger charge is 2.43. The lowest BCUT2D eigenvalue weighted by molar-refractivity contribution is -0.169. The van der Waals surface area contributed by atoms with Gasteiger partial charge in [-0.25, -0.2) is 0 Å². The van der Waals surface area contributed by atoms with Crippen LogP contribution in [0.1, 0.15) is 77.6 Å². The van der Waals surface area contributed by atoms with Gasteiger partial charge in [0.15, 0.2) is 0 Å². The summed E-state index contributed by atoms with van der Waals surface area (Å²) in [7, 11) is 0. The minimum Gasteiger partial charge on any atom is -0.459 e. The molecule has 3 atom stereocenters. The summed E-state index contributed by atoms with van der Waals surface area (Å²) in [6, 6.07) is 9.92. The standard InChI is InChI=1S/C22H34O3S/c1-2-3-4-5-6-7-8-9-11-14-18(23)17-20-21(22(24)25-20)26-19-15-12-10-13-16-19/h10,12-13,15-16,18,20-21,23H,2-9,11,14,17H2,1H3/t18-,20+,21+/m1/s1. The van der Waals surface area contributed by atoms with Crippen LogP contribution in [0.5, 0.6) is 0 Å². The summed E-state index contributed by atoms with van der Waals surface area (Å²) in [5, 5.41) is 10.1. The first-order chi connectivity index (χ1) is 12.7. The number of thioether (sulfide) groups is 1. The Kier molecular flexibility index (Phi) is 10.2.